The van der Waals surface area contributed by atoms with Crippen molar-refractivity contribution in [3.63, 3.8) is 0 Å². The Labute approximate surface area is 387 Å². The molecule has 0 aromatic heterocycles. The normalized spacial score (nSPS) is 27.6. The van der Waals surface area contributed by atoms with Gasteiger partial charge in [0.2, 0.25) is 28.6 Å². The van der Waals surface area contributed by atoms with Crippen molar-refractivity contribution in [2.45, 2.75) is 59.9 Å². The highest BCUT2D eigenvalue weighted by Crippen LogP contribution is 2.51. The lowest BCUT2D eigenvalue weighted by molar-refractivity contribution is -0.388. The van der Waals surface area contributed by atoms with Gasteiger partial charge in [0.15, 0.2) is 69.8 Å². The minimum atomic E-state index is -3.92. The third kappa shape index (κ3) is 9.41. The highest BCUT2D eigenvalue weighted by molar-refractivity contribution is 6.11. The number of hydrogen-bond donors (Lipinski definition) is 11. The van der Waals surface area contributed by atoms with Crippen molar-refractivity contribution in [1.82, 2.24) is 0 Å². The average Bonchev–Trinajstić information content (AvgIpc) is 3.55. The summed E-state index contributed by atoms with van der Waals surface area (Å²) in [6.45, 7) is -3.14. The van der Waals surface area contributed by atoms with E-state index in [0.717, 1.165) is 18.2 Å². The molecule has 0 radical (unpaired) electrons. The first-order valence-electron chi connectivity index (χ1n) is 20.1. The summed E-state index contributed by atoms with van der Waals surface area (Å²) in [7, 11) is 7.36. The van der Waals surface area contributed by atoms with Crippen molar-refractivity contribution in [3.8, 4) is 51.7 Å². The van der Waals surface area contributed by atoms with Gasteiger partial charge in [-0.05, 0) is 71.3 Å². The molecule has 2 aliphatic heterocycles. The molecule has 0 spiro atoms. The molecule has 11 N–H and O–H groups in total. The van der Waals surface area contributed by atoms with E-state index in [9.17, 15) is 70.6 Å². The molecule has 23 heteroatoms. The van der Waals surface area contributed by atoms with Crippen molar-refractivity contribution in [2.75, 3.05) is 55.9 Å². The molecule has 0 bridgehead atoms. The van der Waals surface area contributed by atoms with Crippen LogP contribution in [-0.4, -0.2) is 189 Å². The molecule has 2 aliphatic rings. The lowest BCUT2D eigenvalue weighted by atomic mass is 9.70. The fourth-order valence-corrected chi connectivity index (χ4v) is 7.56. The largest absolute Gasteiger partial charge is 0.502 e. The van der Waals surface area contributed by atoms with Crippen LogP contribution >= 0.6 is 0 Å². The van der Waals surface area contributed by atoms with Gasteiger partial charge in [0.25, 0.3) is 0 Å². The highest BCUT2D eigenvalue weighted by Gasteiger charge is 2.80. The fraction of sp³-hybridized carbons (Fsp3) is 0.400. The number of ketones is 3. The summed E-state index contributed by atoms with van der Waals surface area (Å²) >= 11 is 0. The molecule has 3 aromatic rings. The van der Waals surface area contributed by atoms with E-state index in [4.69, 9.17) is 42.6 Å². The number of aliphatic hydroxyl groups excluding tert-OH is 6. The number of methoxy groups -OCH3 is 6. The second-order valence-corrected chi connectivity index (χ2v) is 15.1. The van der Waals surface area contributed by atoms with E-state index in [-0.39, 0.29) is 56.9 Å². The standard InChI is InChI=1S/C45H52O23/c1-60-25-13-21(14-26(61-2)35(25)52)7-10-24(48)34(51)41-39(56)38(55)40(57)42(66-41)68-43(20-47)45(59,32(50)12-9-23-17-29(64-5)37(54)30(18-23)65-6)44(58,33(19-46)67-43)31(49)11-8-22-15-27(62-3)36(53)28(16-22)63-4/h7-18,24,33,38-42,46-48,52-59H,19-20H2,1-6H3/t24?,33-,38+,39+,40-,41-,42?,43?,44-,45-/m1/s1. The van der Waals surface area contributed by atoms with Crippen molar-refractivity contribution in [3.05, 3.63) is 71.3 Å². The van der Waals surface area contributed by atoms with Gasteiger partial charge in [0, 0.05) is 0 Å². The van der Waals surface area contributed by atoms with Crippen LogP contribution in [0.2, 0.25) is 0 Å². The molecule has 68 heavy (non-hydrogen) atoms. The van der Waals surface area contributed by atoms with E-state index >= 15 is 0 Å². The molecule has 10 atom stereocenters. The quantitative estimate of drug-likeness (QED) is 0.0588. The Balaban J connectivity index is 1.59. The zero-order chi connectivity index (χ0) is 50.5. The van der Waals surface area contributed by atoms with E-state index < -0.39 is 102 Å². The van der Waals surface area contributed by atoms with Gasteiger partial charge >= 0.3 is 0 Å². The molecule has 5 rings (SSSR count). The third-order valence-electron chi connectivity index (χ3n) is 11.3. The maximum atomic E-state index is 14.6. The number of hydrogen-bond acceptors (Lipinski definition) is 23. The number of benzene rings is 3. The van der Waals surface area contributed by atoms with Crippen molar-refractivity contribution >= 4 is 35.6 Å². The minimum Gasteiger partial charge on any atom is -0.502 e. The van der Waals surface area contributed by atoms with Crippen LogP contribution in [0, 0.1) is 0 Å². The number of rotatable bonds is 20. The SMILES string of the molecule is COc1cc(C=CC(=O)[C@@]2(O)[C@@H](CO)OC(CO)(OC3O[C@H](C(=O)C(O)C=Cc4cc(OC)c(O)c(OC)c4)[C@@H](O)[C@H](O)[C@H]3O)[C@]2(O)C(=O)C=Cc2cc(OC)c(O)c(OC)c2)cc(OC)c1O. The number of phenols is 3. The van der Waals surface area contributed by atoms with Gasteiger partial charge in [0.05, 0.1) is 49.3 Å². The molecule has 0 amide bonds. The molecule has 2 heterocycles. The Morgan fingerprint density at radius 3 is 1.41 bits per heavy atom. The number of carbonyl (C=O) groups excluding carboxylic acids is 3. The molecule has 3 aromatic carbocycles. The Kier molecular flexibility index (Phi) is 16.5. The first-order valence-corrected chi connectivity index (χ1v) is 20.1. The van der Waals surface area contributed by atoms with Crippen LogP contribution in [0.3, 0.4) is 0 Å². The Bertz CT molecular complexity index is 2360. The third-order valence-corrected chi connectivity index (χ3v) is 11.3. The molecule has 0 aliphatic carbocycles. The lowest BCUT2D eigenvalue weighted by Crippen LogP contribution is -2.74. The van der Waals surface area contributed by atoms with Crippen LogP contribution in [0.15, 0.2) is 54.6 Å². The first-order chi connectivity index (χ1) is 32.2. The molecular weight excluding hydrogens is 908 g/mol. The summed E-state index contributed by atoms with van der Waals surface area (Å²) in [6, 6.07) is 7.51. The van der Waals surface area contributed by atoms with E-state index in [1.165, 1.54) is 85.1 Å². The summed E-state index contributed by atoms with van der Waals surface area (Å²) in [4.78, 5) is 42.7. The van der Waals surface area contributed by atoms with Crippen LogP contribution in [0.4, 0.5) is 0 Å². The van der Waals surface area contributed by atoms with Crippen molar-refractivity contribution < 1.29 is 113 Å². The maximum Gasteiger partial charge on any atom is 0.235 e. The van der Waals surface area contributed by atoms with Gasteiger partial charge < -0.3 is 98.8 Å². The molecule has 0 saturated carbocycles. The zero-order valence-electron chi connectivity index (χ0n) is 37.2. The monoisotopic (exact) mass is 960 g/mol. The number of ether oxygens (including phenoxy) is 9. The van der Waals surface area contributed by atoms with Crippen LogP contribution in [-0.2, 0) is 28.6 Å². The van der Waals surface area contributed by atoms with E-state index in [1.807, 2.05) is 0 Å². The second kappa shape index (κ2) is 21.3. The predicted molar refractivity (Wildman–Crippen MR) is 231 cm³/mol. The van der Waals surface area contributed by atoms with Gasteiger partial charge in [-0.25, -0.2) is 0 Å². The summed E-state index contributed by atoms with van der Waals surface area (Å²) < 4.78 is 47.8. The number of Topliss-reactive ketones (excluding diaryl/α,β-unsaturated/α-hetero) is 1. The summed E-state index contributed by atoms with van der Waals surface area (Å²) in [5.74, 6) is -10.0. The minimum absolute atomic E-state index is 0.0346. The van der Waals surface area contributed by atoms with Gasteiger partial charge in [-0.3, -0.25) is 14.4 Å². The Morgan fingerprint density at radius 1 is 0.632 bits per heavy atom. The smallest absolute Gasteiger partial charge is 0.235 e. The van der Waals surface area contributed by atoms with Crippen LogP contribution in [0.25, 0.3) is 18.2 Å². The summed E-state index contributed by atoms with van der Waals surface area (Å²) in [6.07, 6.45) is -11.3. The molecule has 23 nitrogen and oxygen atoms in total. The average molecular weight is 961 g/mol. The number of aromatic hydroxyl groups is 3. The van der Waals surface area contributed by atoms with Gasteiger partial charge in [-0.2, -0.15) is 0 Å². The van der Waals surface area contributed by atoms with Crippen LogP contribution < -0.4 is 28.4 Å². The number of aliphatic hydroxyl groups is 8. The van der Waals surface area contributed by atoms with E-state index in [2.05, 4.69) is 0 Å². The predicted octanol–water partition coefficient (Wildman–Crippen LogP) is -1.27. The zero-order valence-corrected chi connectivity index (χ0v) is 37.2. The van der Waals surface area contributed by atoms with Crippen molar-refractivity contribution in [1.29, 1.82) is 0 Å². The van der Waals surface area contributed by atoms with Gasteiger partial charge in [0.1, 0.15) is 37.1 Å². The van der Waals surface area contributed by atoms with E-state index in [0.29, 0.717) is 12.2 Å². The fourth-order valence-electron chi connectivity index (χ4n) is 7.56. The molecular formula is C45H52O23. The van der Waals surface area contributed by atoms with Gasteiger partial charge in [-0.1, -0.05) is 18.2 Å². The first kappa shape index (κ1) is 52.6. The van der Waals surface area contributed by atoms with Gasteiger partial charge in [-0.15, -0.1) is 0 Å². The molecule has 370 valence electrons. The lowest BCUT2D eigenvalue weighted by Gasteiger charge is -2.46. The van der Waals surface area contributed by atoms with Crippen molar-refractivity contribution in [2.24, 2.45) is 0 Å². The molecule has 2 saturated heterocycles. The molecule has 3 unspecified atom stereocenters. The van der Waals surface area contributed by atoms with E-state index in [1.54, 1.807) is 0 Å². The Hall–Kier alpha value is -6.35. The number of carbonyl (C=O) groups is 3. The van der Waals surface area contributed by atoms with Crippen LogP contribution in [0.5, 0.6) is 51.7 Å². The van der Waals surface area contributed by atoms with Crippen LogP contribution in [0.1, 0.15) is 16.7 Å². The molecule has 2 fully saturated rings. The summed E-state index contributed by atoms with van der Waals surface area (Å²) in [5, 5.41) is 122. The maximum absolute atomic E-state index is 14.6. The second-order valence-electron chi connectivity index (χ2n) is 15.1. The number of phenolic OH excluding ortho intramolecular Hbond substituents is 3. The summed E-state index contributed by atoms with van der Waals surface area (Å²) in [5.41, 5.74) is -7.26. The Morgan fingerprint density at radius 2 is 1.03 bits per heavy atom. The highest BCUT2D eigenvalue weighted by atomic mass is 16.8. The topological polar surface area (TPSA) is 357 Å².